The van der Waals surface area contributed by atoms with E-state index in [1.54, 1.807) is 20.3 Å². The first-order valence-corrected chi connectivity index (χ1v) is 5.21. The molecule has 84 valence electrons. The van der Waals surface area contributed by atoms with E-state index in [2.05, 4.69) is 15.9 Å². The maximum atomic E-state index is 9.03. The Morgan fingerprint density at radius 1 is 1.40 bits per heavy atom. The Kier molecular flexibility index (Phi) is 4.38. The van der Waals surface area contributed by atoms with E-state index in [1.807, 2.05) is 6.07 Å². The summed E-state index contributed by atoms with van der Waals surface area (Å²) in [6.07, 6.45) is 0. The molecule has 4 nitrogen and oxygen atoms in total. The van der Waals surface area contributed by atoms with E-state index in [4.69, 9.17) is 20.3 Å². The van der Waals surface area contributed by atoms with Gasteiger partial charge in [-0.2, -0.15) is 0 Å². The molecule has 1 rings (SSSR count). The third-order valence-corrected chi connectivity index (χ3v) is 2.53. The van der Waals surface area contributed by atoms with Crippen LogP contribution in [-0.4, -0.2) is 25.9 Å². The Bertz CT molecular complexity index is 344. The molecule has 0 amide bonds. The monoisotopic (exact) mass is 275 g/mol. The van der Waals surface area contributed by atoms with Gasteiger partial charge in [-0.25, -0.2) is 0 Å². The predicted molar refractivity (Wildman–Crippen MR) is 61.3 cm³/mol. The molecule has 0 saturated carbocycles. The lowest BCUT2D eigenvalue weighted by Gasteiger charge is -2.16. The van der Waals surface area contributed by atoms with Gasteiger partial charge in [-0.1, -0.05) is 15.9 Å². The standard InChI is InChI=1S/C10H14BrNO3/c1-14-9-4-6(11)3-7(8(12)5-13)10(9)15-2/h3-4,8,13H,5,12H2,1-2H3. The number of hydrogen-bond acceptors (Lipinski definition) is 4. The fourth-order valence-electron chi connectivity index (χ4n) is 1.33. The highest BCUT2D eigenvalue weighted by Gasteiger charge is 2.16. The molecule has 0 aliphatic rings. The van der Waals surface area contributed by atoms with Gasteiger partial charge in [0.1, 0.15) is 0 Å². The molecule has 0 aliphatic carbocycles. The number of ether oxygens (including phenoxy) is 2. The number of nitrogens with two attached hydrogens (primary N) is 1. The lowest BCUT2D eigenvalue weighted by Crippen LogP contribution is -2.15. The van der Waals surface area contributed by atoms with Crippen LogP contribution in [-0.2, 0) is 0 Å². The first kappa shape index (κ1) is 12.3. The van der Waals surface area contributed by atoms with E-state index < -0.39 is 6.04 Å². The molecular formula is C10H14BrNO3. The molecule has 0 aliphatic heterocycles. The summed E-state index contributed by atoms with van der Waals surface area (Å²) in [7, 11) is 3.10. The van der Waals surface area contributed by atoms with Crippen molar-refractivity contribution in [3.05, 3.63) is 22.2 Å². The van der Waals surface area contributed by atoms with Crippen molar-refractivity contribution in [2.75, 3.05) is 20.8 Å². The molecule has 3 N–H and O–H groups in total. The van der Waals surface area contributed by atoms with Gasteiger partial charge in [0.2, 0.25) is 0 Å². The smallest absolute Gasteiger partial charge is 0.165 e. The van der Waals surface area contributed by atoms with Crippen LogP contribution in [0.3, 0.4) is 0 Å². The van der Waals surface area contributed by atoms with Gasteiger partial charge in [-0.3, -0.25) is 0 Å². The maximum Gasteiger partial charge on any atom is 0.165 e. The second-order valence-electron chi connectivity index (χ2n) is 3.02. The zero-order chi connectivity index (χ0) is 11.4. The van der Waals surface area contributed by atoms with Crippen LogP contribution in [0.15, 0.2) is 16.6 Å². The Morgan fingerprint density at radius 2 is 2.07 bits per heavy atom. The molecule has 0 fully saturated rings. The van der Waals surface area contributed by atoms with Crippen LogP contribution in [0.25, 0.3) is 0 Å². The zero-order valence-corrected chi connectivity index (χ0v) is 10.2. The van der Waals surface area contributed by atoms with Crippen LogP contribution in [0.5, 0.6) is 11.5 Å². The van der Waals surface area contributed by atoms with E-state index in [-0.39, 0.29) is 6.61 Å². The van der Waals surface area contributed by atoms with Crippen molar-refractivity contribution in [2.24, 2.45) is 5.73 Å². The van der Waals surface area contributed by atoms with E-state index in [0.717, 1.165) is 4.47 Å². The summed E-state index contributed by atoms with van der Waals surface area (Å²) >= 11 is 3.34. The predicted octanol–water partition coefficient (Wildman–Crippen LogP) is 1.46. The molecule has 1 aromatic rings. The second kappa shape index (κ2) is 5.34. The number of aliphatic hydroxyl groups excluding tert-OH is 1. The maximum absolute atomic E-state index is 9.03. The molecule has 15 heavy (non-hydrogen) atoms. The largest absolute Gasteiger partial charge is 0.493 e. The minimum atomic E-state index is -0.480. The van der Waals surface area contributed by atoms with Gasteiger partial charge in [0.25, 0.3) is 0 Å². The van der Waals surface area contributed by atoms with E-state index >= 15 is 0 Å². The van der Waals surface area contributed by atoms with Gasteiger partial charge >= 0.3 is 0 Å². The van der Waals surface area contributed by atoms with E-state index in [9.17, 15) is 0 Å². The third-order valence-electron chi connectivity index (χ3n) is 2.07. The van der Waals surface area contributed by atoms with Crippen LogP contribution in [0.1, 0.15) is 11.6 Å². The second-order valence-corrected chi connectivity index (χ2v) is 3.94. The van der Waals surface area contributed by atoms with Crippen molar-refractivity contribution < 1.29 is 14.6 Å². The number of rotatable bonds is 4. The summed E-state index contributed by atoms with van der Waals surface area (Å²) in [6, 6.07) is 3.11. The normalized spacial score (nSPS) is 12.3. The summed E-state index contributed by atoms with van der Waals surface area (Å²) in [5.74, 6) is 1.15. The first-order valence-electron chi connectivity index (χ1n) is 4.41. The summed E-state index contributed by atoms with van der Waals surface area (Å²) in [4.78, 5) is 0. The topological polar surface area (TPSA) is 64.7 Å². The first-order chi connectivity index (χ1) is 7.13. The van der Waals surface area contributed by atoms with E-state index in [1.165, 1.54) is 0 Å². The lowest BCUT2D eigenvalue weighted by molar-refractivity contribution is 0.263. The van der Waals surface area contributed by atoms with Gasteiger partial charge in [0.05, 0.1) is 26.9 Å². The number of methoxy groups -OCH3 is 2. The van der Waals surface area contributed by atoms with Crippen LogP contribution in [0.4, 0.5) is 0 Å². The summed E-state index contributed by atoms with van der Waals surface area (Å²) in [5, 5.41) is 9.03. The molecule has 0 radical (unpaired) electrons. The molecule has 0 bridgehead atoms. The van der Waals surface area contributed by atoms with E-state index in [0.29, 0.717) is 17.1 Å². The molecular weight excluding hydrogens is 262 g/mol. The minimum Gasteiger partial charge on any atom is -0.493 e. The number of benzene rings is 1. The molecule has 0 aromatic heterocycles. The summed E-state index contributed by atoms with van der Waals surface area (Å²) in [6.45, 7) is -0.143. The summed E-state index contributed by atoms with van der Waals surface area (Å²) in [5.41, 5.74) is 6.47. The van der Waals surface area contributed by atoms with Crippen LogP contribution in [0, 0.1) is 0 Å². The Hall–Kier alpha value is -0.780. The third kappa shape index (κ3) is 2.62. The van der Waals surface area contributed by atoms with Crippen molar-refractivity contribution in [2.45, 2.75) is 6.04 Å². The fourth-order valence-corrected chi connectivity index (χ4v) is 1.79. The average molecular weight is 276 g/mol. The molecule has 1 aromatic carbocycles. The zero-order valence-electron chi connectivity index (χ0n) is 8.66. The number of hydrogen-bond donors (Lipinski definition) is 2. The fraction of sp³-hybridized carbons (Fsp3) is 0.400. The van der Waals surface area contributed by atoms with Crippen molar-refractivity contribution >= 4 is 15.9 Å². The highest BCUT2D eigenvalue weighted by molar-refractivity contribution is 9.10. The molecule has 0 spiro atoms. The van der Waals surface area contributed by atoms with Crippen molar-refractivity contribution in [1.29, 1.82) is 0 Å². The number of aliphatic hydroxyl groups is 1. The molecule has 0 saturated heterocycles. The van der Waals surface area contributed by atoms with Gasteiger partial charge in [-0.05, 0) is 12.1 Å². The average Bonchev–Trinajstić information content (AvgIpc) is 2.26. The highest BCUT2D eigenvalue weighted by Crippen LogP contribution is 2.36. The van der Waals surface area contributed by atoms with Crippen LogP contribution >= 0.6 is 15.9 Å². The Labute approximate surface area is 97.1 Å². The number of halogens is 1. The molecule has 1 atom stereocenters. The quantitative estimate of drug-likeness (QED) is 0.873. The molecule has 5 heteroatoms. The summed E-state index contributed by atoms with van der Waals surface area (Å²) < 4.78 is 11.2. The highest BCUT2D eigenvalue weighted by atomic mass is 79.9. The van der Waals surface area contributed by atoms with Crippen molar-refractivity contribution in [1.82, 2.24) is 0 Å². The van der Waals surface area contributed by atoms with Gasteiger partial charge in [-0.15, -0.1) is 0 Å². The van der Waals surface area contributed by atoms with Crippen molar-refractivity contribution in [3.8, 4) is 11.5 Å². The minimum absolute atomic E-state index is 0.143. The SMILES string of the molecule is COc1cc(Br)cc(C(N)CO)c1OC. The van der Waals surface area contributed by atoms with Crippen molar-refractivity contribution in [3.63, 3.8) is 0 Å². The Morgan fingerprint density at radius 3 is 2.53 bits per heavy atom. The van der Waals surface area contributed by atoms with Crippen LogP contribution < -0.4 is 15.2 Å². The van der Waals surface area contributed by atoms with Gasteiger partial charge in [0.15, 0.2) is 11.5 Å². The van der Waals surface area contributed by atoms with Gasteiger partial charge in [0, 0.05) is 10.0 Å². The molecule has 0 heterocycles. The Balaban J connectivity index is 3.28. The lowest BCUT2D eigenvalue weighted by atomic mass is 10.1. The van der Waals surface area contributed by atoms with Gasteiger partial charge < -0.3 is 20.3 Å². The molecule has 1 unspecified atom stereocenters. The van der Waals surface area contributed by atoms with Crippen LogP contribution in [0.2, 0.25) is 0 Å².